The van der Waals surface area contributed by atoms with E-state index in [1.165, 1.54) is 24.3 Å². The van der Waals surface area contributed by atoms with Gasteiger partial charge in [0, 0.05) is 39.8 Å². The second-order valence-corrected chi connectivity index (χ2v) is 7.93. The third-order valence-electron chi connectivity index (χ3n) is 5.46. The number of rotatable bonds is 8. The summed E-state index contributed by atoms with van der Waals surface area (Å²) in [7, 11) is 3.35. The number of β-amino-alcohol motifs (C(OH)–C–C–N with tert-alkyl or cyclic N) is 1. The minimum Gasteiger partial charge on any atom is -0.494 e. The summed E-state index contributed by atoms with van der Waals surface area (Å²) in [5.41, 5.74) is 3.56. The van der Waals surface area contributed by atoms with Crippen molar-refractivity contribution in [1.82, 2.24) is 15.1 Å². The van der Waals surface area contributed by atoms with Gasteiger partial charge in [0.1, 0.15) is 0 Å². The van der Waals surface area contributed by atoms with E-state index in [0.717, 1.165) is 25.1 Å². The van der Waals surface area contributed by atoms with Crippen LogP contribution < -0.4 is 10.1 Å². The van der Waals surface area contributed by atoms with E-state index in [4.69, 9.17) is 4.74 Å². The minimum atomic E-state index is -0.550. The monoisotopic (exact) mass is 556 g/mol. The average Bonchev–Trinajstić information content (AvgIpc) is 2.76. The highest BCUT2D eigenvalue weighted by Crippen LogP contribution is 2.19. The van der Waals surface area contributed by atoms with Gasteiger partial charge in [-0.2, -0.15) is 0 Å². The van der Waals surface area contributed by atoms with E-state index in [1.807, 2.05) is 24.9 Å². The summed E-state index contributed by atoms with van der Waals surface area (Å²) in [6, 6.07) is 13.4. The van der Waals surface area contributed by atoms with Gasteiger partial charge in [-0.15, -0.1) is 24.0 Å². The largest absolute Gasteiger partial charge is 0.494 e. The number of halogens is 2. The molecule has 2 aromatic carbocycles. The van der Waals surface area contributed by atoms with Crippen molar-refractivity contribution in [3.05, 3.63) is 65.0 Å². The van der Waals surface area contributed by atoms with Gasteiger partial charge in [0.05, 0.1) is 19.8 Å². The molecule has 2 aromatic rings. The highest BCUT2D eigenvalue weighted by atomic mass is 127. The lowest BCUT2D eigenvalue weighted by Crippen LogP contribution is -2.41. The zero-order valence-corrected chi connectivity index (χ0v) is 21.4. The fourth-order valence-corrected chi connectivity index (χ4v) is 3.88. The predicted octanol–water partition coefficient (Wildman–Crippen LogP) is 3.27. The van der Waals surface area contributed by atoms with Crippen molar-refractivity contribution in [2.24, 2.45) is 4.99 Å². The molecule has 0 amide bonds. The third kappa shape index (κ3) is 7.31. The number of aliphatic hydroxyl groups is 1. The molecule has 0 aliphatic carbocycles. The van der Waals surface area contributed by atoms with Crippen LogP contribution >= 0.6 is 24.0 Å². The van der Waals surface area contributed by atoms with Crippen LogP contribution in [0.4, 0.5) is 4.39 Å². The molecule has 6 nitrogen and oxygen atoms in total. The Morgan fingerprint density at radius 2 is 2.03 bits per heavy atom. The molecule has 1 aliphatic rings. The summed E-state index contributed by atoms with van der Waals surface area (Å²) in [6.45, 7) is 5.90. The number of benzene rings is 2. The molecule has 1 atom stereocenters. The summed E-state index contributed by atoms with van der Waals surface area (Å²) < 4.78 is 19.0. The third-order valence-corrected chi connectivity index (χ3v) is 5.46. The SMILES string of the molecule is CCNC(=NCC(O)CN1CCc2ccccc2C1)N(C)Cc1ccc(OC)c(F)c1.I. The van der Waals surface area contributed by atoms with Gasteiger partial charge in [0.15, 0.2) is 17.5 Å². The number of hydrogen-bond donors (Lipinski definition) is 2. The Morgan fingerprint density at radius 3 is 2.72 bits per heavy atom. The molecule has 3 rings (SSSR count). The first-order chi connectivity index (χ1) is 15.0. The molecule has 0 spiro atoms. The van der Waals surface area contributed by atoms with Crippen LogP contribution in [0.2, 0.25) is 0 Å². The smallest absolute Gasteiger partial charge is 0.194 e. The maximum Gasteiger partial charge on any atom is 0.194 e. The number of guanidine groups is 1. The van der Waals surface area contributed by atoms with E-state index in [2.05, 4.69) is 39.5 Å². The minimum absolute atomic E-state index is 0. The lowest BCUT2D eigenvalue weighted by atomic mass is 10.00. The van der Waals surface area contributed by atoms with Gasteiger partial charge in [-0.25, -0.2) is 4.39 Å². The number of nitrogens with zero attached hydrogens (tertiary/aromatic N) is 3. The Morgan fingerprint density at radius 1 is 1.28 bits per heavy atom. The molecular formula is C24H34FIN4O2. The van der Waals surface area contributed by atoms with E-state index >= 15 is 0 Å². The normalized spacial score (nSPS) is 14.8. The van der Waals surface area contributed by atoms with E-state index < -0.39 is 6.10 Å². The van der Waals surface area contributed by atoms with Gasteiger partial charge in [0.2, 0.25) is 0 Å². The highest BCUT2D eigenvalue weighted by Gasteiger charge is 2.18. The number of methoxy groups -OCH3 is 1. The first-order valence-electron chi connectivity index (χ1n) is 10.8. The first kappa shape index (κ1) is 26.3. The lowest BCUT2D eigenvalue weighted by molar-refractivity contribution is 0.111. The quantitative estimate of drug-likeness (QED) is 0.297. The van der Waals surface area contributed by atoms with Crippen molar-refractivity contribution in [2.45, 2.75) is 32.5 Å². The van der Waals surface area contributed by atoms with Crippen molar-refractivity contribution in [1.29, 1.82) is 0 Å². The van der Waals surface area contributed by atoms with Crippen molar-refractivity contribution in [3.8, 4) is 5.75 Å². The second-order valence-electron chi connectivity index (χ2n) is 7.93. The van der Waals surface area contributed by atoms with Crippen LogP contribution in [0.5, 0.6) is 5.75 Å². The van der Waals surface area contributed by atoms with Crippen LogP contribution in [0.15, 0.2) is 47.5 Å². The predicted molar refractivity (Wildman–Crippen MR) is 137 cm³/mol. The van der Waals surface area contributed by atoms with Crippen molar-refractivity contribution >= 4 is 29.9 Å². The molecule has 0 saturated heterocycles. The Balaban J connectivity index is 0.00000363. The van der Waals surface area contributed by atoms with E-state index in [0.29, 0.717) is 32.1 Å². The summed E-state index contributed by atoms with van der Waals surface area (Å²) in [6.07, 6.45) is 0.460. The number of ether oxygens (including phenoxy) is 1. The van der Waals surface area contributed by atoms with Crippen LogP contribution in [0.1, 0.15) is 23.6 Å². The summed E-state index contributed by atoms with van der Waals surface area (Å²) in [4.78, 5) is 8.81. The van der Waals surface area contributed by atoms with Crippen LogP contribution in [0, 0.1) is 5.82 Å². The highest BCUT2D eigenvalue weighted by molar-refractivity contribution is 14.0. The Bertz CT molecular complexity index is 896. The van der Waals surface area contributed by atoms with E-state index in [9.17, 15) is 9.50 Å². The van der Waals surface area contributed by atoms with Crippen LogP contribution in [-0.4, -0.2) is 67.3 Å². The molecule has 1 heterocycles. The molecule has 176 valence electrons. The Hall–Kier alpha value is -1.91. The topological polar surface area (TPSA) is 60.3 Å². The van der Waals surface area contributed by atoms with Gasteiger partial charge >= 0.3 is 0 Å². The zero-order valence-electron chi connectivity index (χ0n) is 19.1. The molecule has 0 saturated carbocycles. The number of aliphatic hydroxyl groups excluding tert-OH is 1. The zero-order chi connectivity index (χ0) is 22.2. The van der Waals surface area contributed by atoms with Crippen LogP contribution in [-0.2, 0) is 19.5 Å². The molecule has 0 fully saturated rings. The molecule has 0 radical (unpaired) electrons. The molecule has 8 heteroatoms. The van der Waals surface area contributed by atoms with Gasteiger partial charge in [-0.3, -0.25) is 9.89 Å². The van der Waals surface area contributed by atoms with E-state index in [1.54, 1.807) is 6.07 Å². The van der Waals surface area contributed by atoms with Crippen LogP contribution in [0.3, 0.4) is 0 Å². The summed E-state index contributed by atoms with van der Waals surface area (Å²) >= 11 is 0. The molecule has 1 unspecified atom stereocenters. The Labute approximate surface area is 207 Å². The summed E-state index contributed by atoms with van der Waals surface area (Å²) in [5, 5.41) is 13.8. The fraction of sp³-hybridized carbons (Fsp3) is 0.458. The van der Waals surface area contributed by atoms with Crippen molar-refractivity contribution < 1.29 is 14.2 Å². The molecule has 32 heavy (non-hydrogen) atoms. The maximum absolute atomic E-state index is 14.0. The Kier molecular flexibility index (Phi) is 10.7. The molecule has 2 N–H and O–H groups in total. The average molecular weight is 556 g/mol. The molecular weight excluding hydrogens is 522 g/mol. The lowest BCUT2D eigenvalue weighted by Gasteiger charge is -2.30. The van der Waals surface area contributed by atoms with E-state index in [-0.39, 0.29) is 35.5 Å². The first-order valence-corrected chi connectivity index (χ1v) is 10.8. The number of nitrogens with one attached hydrogen (secondary N) is 1. The van der Waals surface area contributed by atoms with Crippen molar-refractivity contribution in [3.63, 3.8) is 0 Å². The number of hydrogen-bond acceptors (Lipinski definition) is 4. The molecule has 0 bridgehead atoms. The number of fused-ring (bicyclic) bond motifs is 1. The molecule has 0 aromatic heterocycles. The summed E-state index contributed by atoms with van der Waals surface area (Å²) in [5.74, 6) is 0.533. The van der Waals surface area contributed by atoms with Gasteiger partial charge in [-0.05, 0) is 42.2 Å². The molecule has 1 aliphatic heterocycles. The maximum atomic E-state index is 14.0. The van der Waals surface area contributed by atoms with Gasteiger partial charge < -0.3 is 20.1 Å². The van der Waals surface area contributed by atoms with Gasteiger partial charge in [-0.1, -0.05) is 30.3 Å². The van der Waals surface area contributed by atoms with Crippen LogP contribution in [0.25, 0.3) is 0 Å². The second kappa shape index (κ2) is 13.0. The van der Waals surface area contributed by atoms with Crippen molar-refractivity contribution in [2.75, 3.05) is 40.3 Å². The number of aliphatic imine (C=N–C) groups is 1. The fourth-order valence-electron chi connectivity index (χ4n) is 3.88. The standard InChI is InChI=1S/C24H33FN4O2.HI/c1-4-26-24(28(2)15-18-9-10-23(31-3)22(25)13-18)27-14-21(30)17-29-12-11-19-7-5-6-8-20(19)16-29;/h5-10,13,21,30H,4,11-12,14-17H2,1-3H3,(H,26,27);1H. The van der Waals surface area contributed by atoms with Gasteiger partial charge in [0.25, 0.3) is 0 Å².